The van der Waals surface area contributed by atoms with Gasteiger partial charge in [-0.3, -0.25) is 9.59 Å². The molecular formula is C28H38F3N5O4. The number of aryl methyl sites for hydroxylation is 2. The molecule has 9 nitrogen and oxygen atoms in total. The molecule has 2 atom stereocenters. The summed E-state index contributed by atoms with van der Waals surface area (Å²) in [6.07, 6.45) is -5.18. The number of nitrogens with one attached hydrogen (secondary N) is 5. The van der Waals surface area contributed by atoms with Gasteiger partial charge in [0, 0.05) is 31.0 Å². The van der Waals surface area contributed by atoms with E-state index in [2.05, 4.69) is 32.7 Å². The summed E-state index contributed by atoms with van der Waals surface area (Å²) < 4.78 is 40.1. The molecule has 0 aliphatic rings. The molecule has 0 radical (unpaired) electrons. The number of urea groups is 1. The molecule has 0 saturated carbocycles. The molecule has 2 aromatic carbocycles. The Morgan fingerprint density at radius 2 is 1.62 bits per heavy atom. The first-order valence-corrected chi connectivity index (χ1v) is 13.1. The van der Waals surface area contributed by atoms with E-state index in [-0.39, 0.29) is 24.5 Å². The van der Waals surface area contributed by atoms with E-state index in [1.54, 1.807) is 6.92 Å². The normalized spacial score (nSPS) is 12.8. The van der Waals surface area contributed by atoms with Crippen LogP contribution in [0.15, 0.2) is 36.4 Å². The summed E-state index contributed by atoms with van der Waals surface area (Å²) >= 11 is 0. The molecule has 2 rings (SSSR count). The molecule has 0 spiro atoms. The number of amides is 4. The van der Waals surface area contributed by atoms with Crippen molar-refractivity contribution in [2.24, 2.45) is 0 Å². The van der Waals surface area contributed by atoms with E-state index < -0.39 is 48.2 Å². The third-order valence-electron chi connectivity index (χ3n) is 6.03. The van der Waals surface area contributed by atoms with Gasteiger partial charge in [-0.2, -0.15) is 13.2 Å². The molecule has 0 bridgehead atoms. The summed E-state index contributed by atoms with van der Waals surface area (Å²) in [4.78, 5) is 36.9. The summed E-state index contributed by atoms with van der Waals surface area (Å²) in [5.41, 5.74) is 1.82. The van der Waals surface area contributed by atoms with Gasteiger partial charge in [0.15, 0.2) is 0 Å². The highest BCUT2D eigenvalue weighted by Gasteiger charge is 2.31. The Hall–Kier alpha value is -3.64. The van der Waals surface area contributed by atoms with Crippen LogP contribution in [0.2, 0.25) is 0 Å². The number of rotatable bonds is 13. The summed E-state index contributed by atoms with van der Waals surface area (Å²) in [7, 11) is 0. The van der Waals surface area contributed by atoms with Crippen LogP contribution in [0.1, 0.15) is 55.4 Å². The van der Waals surface area contributed by atoms with E-state index in [1.165, 1.54) is 0 Å². The van der Waals surface area contributed by atoms with E-state index in [0.717, 1.165) is 28.8 Å². The number of carbonyl (C=O) groups is 3. The number of anilines is 2. The zero-order chi connectivity index (χ0) is 29.9. The second kappa shape index (κ2) is 15.2. The van der Waals surface area contributed by atoms with E-state index in [1.807, 2.05) is 32.9 Å². The Morgan fingerprint density at radius 3 is 2.23 bits per heavy atom. The predicted octanol–water partition coefficient (Wildman–Crippen LogP) is 4.23. The summed E-state index contributed by atoms with van der Waals surface area (Å²) in [5.74, 6) is -1.55. The minimum atomic E-state index is -4.73. The van der Waals surface area contributed by atoms with Gasteiger partial charge in [0.2, 0.25) is 11.8 Å². The highest BCUT2D eigenvalue weighted by atomic mass is 19.4. The van der Waals surface area contributed by atoms with E-state index >= 15 is 0 Å². The van der Waals surface area contributed by atoms with Crippen LogP contribution in [0.4, 0.5) is 29.3 Å². The molecule has 0 aliphatic heterocycles. The van der Waals surface area contributed by atoms with Gasteiger partial charge in [0.25, 0.3) is 0 Å². The molecule has 12 heteroatoms. The molecule has 4 amide bonds. The number of aliphatic hydroxyl groups is 1. The van der Waals surface area contributed by atoms with Crippen LogP contribution in [0.3, 0.4) is 0 Å². The molecule has 0 aromatic heterocycles. The van der Waals surface area contributed by atoms with Crippen molar-refractivity contribution in [2.75, 3.05) is 23.7 Å². The average Bonchev–Trinajstić information content (AvgIpc) is 2.84. The largest absolute Gasteiger partial charge is 0.416 e. The van der Waals surface area contributed by atoms with Gasteiger partial charge in [0.1, 0.15) is 6.42 Å². The summed E-state index contributed by atoms with van der Waals surface area (Å²) in [6.45, 7) is 8.56. The molecule has 0 heterocycles. The second-order valence-electron chi connectivity index (χ2n) is 9.60. The molecule has 220 valence electrons. The Bertz CT molecular complexity index is 1170. The number of aliphatic hydroxyl groups excluding tert-OH is 1. The quantitative estimate of drug-likeness (QED) is 0.203. The van der Waals surface area contributed by atoms with Gasteiger partial charge in [-0.25, -0.2) is 4.79 Å². The highest BCUT2D eigenvalue weighted by molar-refractivity contribution is 6.04. The zero-order valence-corrected chi connectivity index (χ0v) is 23.2. The SMILES string of the molecule is CCC[C@H](O)[C@H](CNCc1ccc(C)cc1C)NC(=O)CC(=O)Nc1cc(NC(=O)NCC)cc(C(F)(F)F)c1. The number of halogens is 3. The Morgan fingerprint density at radius 1 is 0.950 bits per heavy atom. The van der Waals surface area contributed by atoms with Gasteiger partial charge in [-0.15, -0.1) is 0 Å². The maximum atomic E-state index is 13.4. The monoisotopic (exact) mass is 565 g/mol. The fourth-order valence-electron chi connectivity index (χ4n) is 4.07. The van der Waals surface area contributed by atoms with Crippen molar-refractivity contribution in [2.45, 2.75) is 71.8 Å². The van der Waals surface area contributed by atoms with Crippen molar-refractivity contribution in [3.05, 3.63) is 58.7 Å². The molecule has 0 unspecified atom stereocenters. The smallest absolute Gasteiger partial charge is 0.391 e. The van der Waals surface area contributed by atoms with E-state index in [4.69, 9.17) is 0 Å². The highest BCUT2D eigenvalue weighted by Crippen LogP contribution is 2.33. The zero-order valence-electron chi connectivity index (χ0n) is 23.2. The molecule has 0 aliphatic carbocycles. The third-order valence-corrected chi connectivity index (χ3v) is 6.03. The van der Waals surface area contributed by atoms with Crippen LogP contribution in [0.25, 0.3) is 0 Å². The van der Waals surface area contributed by atoms with Crippen LogP contribution in [-0.4, -0.2) is 48.2 Å². The average molecular weight is 566 g/mol. The first-order chi connectivity index (χ1) is 18.8. The maximum absolute atomic E-state index is 13.4. The van der Waals surface area contributed by atoms with Crippen LogP contribution < -0.4 is 26.6 Å². The number of hydrogen-bond donors (Lipinski definition) is 6. The predicted molar refractivity (Wildman–Crippen MR) is 148 cm³/mol. The van der Waals surface area contributed by atoms with Gasteiger partial charge in [-0.1, -0.05) is 37.1 Å². The topological polar surface area (TPSA) is 132 Å². The van der Waals surface area contributed by atoms with Crippen LogP contribution in [-0.2, 0) is 22.3 Å². The molecule has 0 fully saturated rings. The number of hydrogen-bond acceptors (Lipinski definition) is 5. The van der Waals surface area contributed by atoms with Crippen LogP contribution in [0, 0.1) is 13.8 Å². The number of benzene rings is 2. The van der Waals surface area contributed by atoms with Crippen LogP contribution >= 0.6 is 0 Å². The molecule has 40 heavy (non-hydrogen) atoms. The standard InChI is InChI=1S/C28H38F3N5O4/c1-5-7-24(37)23(16-32-15-19-9-8-17(3)10-18(19)4)36-26(39)14-25(38)34-21-11-20(28(29,30)31)12-22(13-21)35-27(40)33-6-2/h8-13,23-24,32,37H,5-7,14-16H2,1-4H3,(H,34,38)(H,36,39)(H2,33,35,40)/t23-,24-/m0/s1. The van der Waals surface area contributed by atoms with Crippen molar-refractivity contribution in [1.29, 1.82) is 0 Å². The van der Waals surface area contributed by atoms with Crippen molar-refractivity contribution < 1.29 is 32.7 Å². The van der Waals surface area contributed by atoms with Crippen molar-refractivity contribution in [3.8, 4) is 0 Å². The third kappa shape index (κ3) is 10.9. The fourth-order valence-corrected chi connectivity index (χ4v) is 4.07. The Balaban J connectivity index is 2.04. The minimum absolute atomic E-state index is 0.182. The first kappa shape index (κ1) is 32.6. The summed E-state index contributed by atoms with van der Waals surface area (Å²) in [5, 5.41) is 23.4. The van der Waals surface area contributed by atoms with Crippen molar-refractivity contribution in [3.63, 3.8) is 0 Å². The lowest BCUT2D eigenvalue weighted by Crippen LogP contribution is -2.49. The van der Waals surface area contributed by atoms with Gasteiger partial charge in [-0.05, 0) is 56.5 Å². The fraction of sp³-hybridized carbons (Fsp3) is 0.464. The number of alkyl halides is 3. The lowest BCUT2D eigenvalue weighted by molar-refractivity contribution is -0.137. The molecule has 0 saturated heterocycles. The molecule has 2 aromatic rings. The van der Waals surface area contributed by atoms with E-state index in [0.29, 0.717) is 25.5 Å². The Kier molecular flexibility index (Phi) is 12.4. The van der Waals surface area contributed by atoms with Gasteiger partial charge in [0.05, 0.1) is 17.7 Å². The van der Waals surface area contributed by atoms with Gasteiger partial charge < -0.3 is 31.7 Å². The molecular weight excluding hydrogens is 527 g/mol. The second-order valence-corrected chi connectivity index (χ2v) is 9.60. The maximum Gasteiger partial charge on any atom is 0.416 e. The van der Waals surface area contributed by atoms with Crippen molar-refractivity contribution in [1.82, 2.24) is 16.0 Å². The van der Waals surface area contributed by atoms with Crippen molar-refractivity contribution >= 4 is 29.2 Å². The minimum Gasteiger partial charge on any atom is -0.391 e. The lowest BCUT2D eigenvalue weighted by atomic mass is 10.0. The lowest BCUT2D eigenvalue weighted by Gasteiger charge is -2.24. The number of carbonyl (C=O) groups excluding carboxylic acids is 3. The van der Waals surface area contributed by atoms with Gasteiger partial charge >= 0.3 is 12.2 Å². The first-order valence-electron chi connectivity index (χ1n) is 13.1. The van der Waals surface area contributed by atoms with Crippen LogP contribution in [0.5, 0.6) is 0 Å². The summed E-state index contributed by atoms with van der Waals surface area (Å²) in [6, 6.07) is 7.27. The Labute approximate surface area is 232 Å². The van der Waals surface area contributed by atoms with E-state index in [9.17, 15) is 32.7 Å². The molecule has 6 N–H and O–H groups in total.